The van der Waals surface area contributed by atoms with Crippen LogP contribution in [-0.4, -0.2) is 0 Å². The Morgan fingerprint density at radius 1 is 1.25 bits per heavy atom. The van der Waals surface area contributed by atoms with Gasteiger partial charge in [0.15, 0.2) is 0 Å². The first-order valence-electron chi connectivity index (χ1n) is 6.09. The molecule has 0 aromatic heterocycles. The van der Waals surface area contributed by atoms with Crippen LogP contribution in [0.5, 0.6) is 5.75 Å². The maximum absolute atomic E-state index is 13.3. The first-order chi connectivity index (χ1) is 9.49. The first-order valence-corrected chi connectivity index (χ1v) is 6.47. The van der Waals surface area contributed by atoms with Crippen molar-refractivity contribution in [3.05, 3.63) is 64.2 Å². The van der Waals surface area contributed by atoms with Crippen molar-refractivity contribution < 1.29 is 13.5 Å². The lowest BCUT2D eigenvalue weighted by Crippen LogP contribution is -2.08. The Morgan fingerprint density at radius 2 is 2.00 bits per heavy atom. The molecule has 0 aliphatic rings. The molecule has 0 unspecified atom stereocenters. The summed E-state index contributed by atoms with van der Waals surface area (Å²) >= 11 is 5.84. The van der Waals surface area contributed by atoms with Gasteiger partial charge in [-0.05, 0) is 19.1 Å². The van der Waals surface area contributed by atoms with Crippen LogP contribution in [0.4, 0.5) is 8.78 Å². The Hall–Kier alpha value is -1.65. The molecule has 0 aliphatic carbocycles. The summed E-state index contributed by atoms with van der Waals surface area (Å²) < 4.78 is 32.1. The molecule has 0 aliphatic heterocycles. The second kappa shape index (κ2) is 6.20. The quantitative estimate of drug-likeness (QED) is 0.917. The van der Waals surface area contributed by atoms with E-state index in [1.807, 2.05) is 0 Å². The van der Waals surface area contributed by atoms with E-state index in [1.165, 1.54) is 24.3 Å². The number of benzene rings is 2. The van der Waals surface area contributed by atoms with Crippen LogP contribution in [0.15, 0.2) is 36.4 Å². The normalized spacial score (nSPS) is 12.2. The molecule has 2 aromatic rings. The van der Waals surface area contributed by atoms with Crippen molar-refractivity contribution >= 4 is 11.6 Å². The van der Waals surface area contributed by atoms with Gasteiger partial charge in [-0.1, -0.05) is 29.8 Å². The molecule has 2 N–H and O–H groups in total. The van der Waals surface area contributed by atoms with Crippen LogP contribution in [0.2, 0.25) is 5.02 Å². The lowest BCUT2D eigenvalue weighted by Gasteiger charge is -2.14. The summed E-state index contributed by atoms with van der Waals surface area (Å²) in [4.78, 5) is 0. The molecule has 2 rings (SSSR count). The third-order valence-electron chi connectivity index (χ3n) is 2.88. The molecule has 0 radical (unpaired) electrons. The van der Waals surface area contributed by atoms with E-state index in [2.05, 4.69) is 0 Å². The number of nitrogens with two attached hydrogens (primary N) is 1. The number of hydrogen-bond donors (Lipinski definition) is 1. The zero-order valence-corrected chi connectivity index (χ0v) is 11.6. The maximum atomic E-state index is 13.3. The smallest absolute Gasteiger partial charge is 0.142 e. The van der Waals surface area contributed by atoms with Crippen molar-refractivity contribution in [3.8, 4) is 5.75 Å². The molecule has 106 valence electrons. The van der Waals surface area contributed by atoms with Crippen molar-refractivity contribution in [1.29, 1.82) is 0 Å². The monoisotopic (exact) mass is 297 g/mol. The van der Waals surface area contributed by atoms with Gasteiger partial charge in [0.05, 0.1) is 5.02 Å². The van der Waals surface area contributed by atoms with E-state index in [4.69, 9.17) is 22.1 Å². The average Bonchev–Trinajstić information content (AvgIpc) is 2.40. The number of ether oxygens (including phenoxy) is 1. The van der Waals surface area contributed by atoms with Crippen molar-refractivity contribution in [2.24, 2.45) is 5.73 Å². The molecule has 0 saturated heterocycles. The van der Waals surface area contributed by atoms with Gasteiger partial charge < -0.3 is 10.5 Å². The summed E-state index contributed by atoms with van der Waals surface area (Å²) in [6, 6.07) is 8.30. The van der Waals surface area contributed by atoms with E-state index >= 15 is 0 Å². The van der Waals surface area contributed by atoms with Gasteiger partial charge in [-0.3, -0.25) is 0 Å². The molecular weight excluding hydrogens is 284 g/mol. The van der Waals surface area contributed by atoms with Crippen LogP contribution >= 0.6 is 11.6 Å². The summed E-state index contributed by atoms with van der Waals surface area (Å²) in [6.07, 6.45) is 0. The summed E-state index contributed by atoms with van der Waals surface area (Å²) in [5.41, 5.74) is 6.97. The Kier molecular flexibility index (Phi) is 4.57. The second-order valence-corrected chi connectivity index (χ2v) is 4.85. The Balaban J connectivity index is 2.22. The molecular formula is C15H14ClF2NO. The standard InChI is InChI=1S/C15H14ClF2NO/c1-9(19)12-6-5-11(17)7-14(12)20-8-10-3-2-4-13(18)15(10)16/h2-7,9H,8,19H2,1H3/t9-/m0/s1. The Labute approximate surface area is 121 Å². The molecule has 20 heavy (non-hydrogen) atoms. The minimum absolute atomic E-state index is 0.00579. The van der Waals surface area contributed by atoms with Gasteiger partial charge in [-0.2, -0.15) is 0 Å². The van der Waals surface area contributed by atoms with Crippen molar-refractivity contribution in [2.75, 3.05) is 0 Å². The van der Waals surface area contributed by atoms with Crippen LogP contribution in [0, 0.1) is 11.6 Å². The third kappa shape index (κ3) is 3.26. The molecule has 0 amide bonds. The minimum atomic E-state index is -0.514. The highest BCUT2D eigenvalue weighted by molar-refractivity contribution is 6.31. The van der Waals surface area contributed by atoms with Gasteiger partial charge in [-0.15, -0.1) is 0 Å². The van der Waals surface area contributed by atoms with Gasteiger partial charge in [-0.25, -0.2) is 8.78 Å². The molecule has 2 nitrogen and oxygen atoms in total. The fourth-order valence-corrected chi connectivity index (χ4v) is 2.01. The van der Waals surface area contributed by atoms with Gasteiger partial charge in [0.25, 0.3) is 0 Å². The van der Waals surface area contributed by atoms with Crippen LogP contribution < -0.4 is 10.5 Å². The molecule has 2 aromatic carbocycles. The van der Waals surface area contributed by atoms with E-state index in [0.29, 0.717) is 16.9 Å². The predicted octanol–water partition coefficient (Wildman–Crippen LogP) is 4.22. The van der Waals surface area contributed by atoms with E-state index in [9.17, 15) is 8.78 Å². The molecule has 0 spiro atoms. The van der Waals surface area contributed by atoms with E-state index in [1.54, 1.807) is 19.1 Å². The summed E-state index contributed by atoms with van der Waals surface area (Å²) in [5, 5.41) is 0.00579. The Bertz CT molecular complexity index is 617. The number of hydrogen-bond acceptors (Lipinski definition) is 2. The molecule has 0 saturated carbocycles. The number of rotatable bonds is 4. The number of halogens is 3. The van der Waals surface area contributed by atoms with Gasteiger partial charge in [0, 0.05) is 23.2 Å². The molecule has 0 heterocycles. The fraction of sp³-hybridized carbons (Fsp3) is 0.200. The summed E-state index contributed by atoms with van der Waals surface area (Å²) in [5.74, 6) is -0.602. The molecule has 5 heteroatoms. The van der Waals surface area contributed by atoms with Gasteiger partial charge in [0.1, 0.15) is 24.0 Å². The van der Waals surface area contributed by atoms with E-state index in [-0.39, 0.29) is 17.7 Å². The van der Waals surface area contributed by atoms with Gasteiger partial charge in [0.2, 0.25) is 0 Å². The largest absolute Gasteiger partial charge is 0.488 e. The SMILES string of the molecule is C[C@H](N)c1ccc(F)cc1OCc1cccc(F)c1Cl. The van der Waals surface area contributed by atoms with Gasteiger partial charge >= 0.3 is 0 Å². The van der Waals surface area contributed by atoms with Crippen molar-refractivity contribution in [2.45, 2.75) is 19.6 Å². The molecule has 0 bridgehead atoms. The van der Waals surface area contributed by atoms with Crippen LogP contribution in [-0.2, 0) is 6.61 Å². The molecule has 0 fully saturated rings. The first kappa shape index (κ1) is 14.8. The summed E-state index contributed by atoms with van der Waals surface area (Å²) in [6.45, 7) is 1.81. The van der Waals surface area contributed by atoms with Crippen molar-refractivity contribution in [3.63, 3.8) is 0 Å². The van der Waals surface area contributed by atoms with Crippen LogP contribution in [0.25, 0.3) is 0 Å². The highest BCUT2D eigenvalue weighted by Gasteiger charge is 2.11. The summed E-state index contributed by atoms with van der Waals surface area (Å²) in [7, 11) is 0. The third-order valence-corrected chi connectivity index (χ3v) is 3.30. The average molecular weight is 298 g/mol. The highest BCUT2D eigenvalue weighted by Crippen LogP contribution is 2.27. The maximum Gasteiger partial charge on any atom is 0.142 e. The lowest BCUT2D eigenvalue weighted by molar-refractivity contribution is 0.299. The second-order valence-electron chi connectivity index (χ2n) is 4.47. The minimum Gasteiger partial charge on any atom is -0.488 e. The van der Waals surface area contributed by atoms with Crippen LogP contribution in [0.1, 0.15) is 24.1 Å². The van der Waals surface area contributed by atoms with E-state index < -0.39 is 11.6 Å². The fourth-order valence-electron chi connectivity index (χ4n) is 1.82. The highest BCUT2D eigenvalue weighted by atomic mass is 35.5. The van der Waals surface area contributed by atoms with Crippen molar-refractivity contribution in [1.82, 2.24) is 0 Å². The topological polar surface area (TPSA) is 35.2 Å². The Morgan fingerprint density at radius 3 is 2.70 bits per heavy atom. The van der Waals surface area contributed by atoms with E-state index in [0.717, 1.165) is 0 Å². The predicted molar refractivity (Wildman–Crippen MR) is 74.7 cm³/mol. The zero-order chi connectivity index (χ0) is 14.7. The molecule has 1 atom stereocenters. The lowest BCUT2D eigenvalue weighted by atomic mass is 10.1. The van der Waals surface area contributed by atoms with Crippen LogP contribution in [0.3, 0.4) is 0 Å². The zero-order valence-electron chi connectivity index (χ0n) is 10.9.